The molecule has 1 aromatic carbocycles. The van der Waals surface area contributed by atoms with Gasteiger partial charge in [0.05, 0.1) is 5.69 Å². The third kappa shape index (κ3) is 3.75. The van der Waals surface area contributed by atoms with Crippen molar-refractivity contribution in [1.82, 2.24) is 5.32 Å². The second-order valence-electron chi connectivity index (χ2n) is 5.05. The van der Waals surface area contributed by atoms with Crippen LogP contribution in [0.25, 0.3) is 0 Å². The predicted octanol–water partition coefficient (Wildman–Crippen LogP) is 1.39. The van der Waals surface area contributed by atoms with Crippen LogP contribution in [0, 0.1) is 0 Å². The molecule has 7 heteroatoms. The van der Waals surface area contributed by atoms with Crippen molar-refractivity contribution in [3.8, 4) is 5.75 Å². The smallest absolute Gasteiger partial charge is 0.326 e. The lowest BCUT2D eigenvalue weighted by Gasteiger charge is -2.19. The molecule has 2 amide bonds. The highest BCUT2D eigenvalue weighted by molar-refractivity contribution is 6.00. The molecule has 7 nitrogen and oxygen atoms in total. The molecule has 1 unspecified atom stereocenters. The number of nitrogens with one attached hydrogen (secondary N) is 2. The van der Waals surface area contributed by atoms with Gasteiger partial charge >= 0.3 is 5.97 Å². The highest BCUT2D eigenvalue weighted by Gasteiger charge is 2.22. The summed E-state index contributed by atoms with van der Waals surface area (Å²) < 4.78 is 5.21. The number of carboxylic acid groups (broad SMARTS) is 1. The Kier molecular flexibility index (Phi) is 4.98. The van der Waals surface area contributed by atoms with Crippen molar-refractivity contribution in [2.45, 2.75) is 32.2 Å². The van der Waals surface area contributed by atoms with Crippen LogP contribution in [-0.4, -0.2) is 35.5 Å². The molecule has 2 rings (SSSR count). The number of carbonyl (C=O) groups is 3. The lowest BCUT2D eigenvalue weighted by atomic mass is 10.1. The third-order valence-corrected chi connectivity index (χ3v) is 3.32. The summed E-state index contributed by atoms with van der Waals surface area (Å²) in [7, 11) is 0. The molecule has 0 saturated heterocycles. The molecule has 118 valence electrons. The molecule has 0 aromatic heterocycles. The average Bonchev–Trinajstić information content (AvgIpc) is 2.50. The standard InChI is InChI=1S/C15H18N2O5/c1-2-3-4-10(15(20)21)17-14(19)9-5-6-12-11(7-9)16-13(18)8-22-12/h5-7,10H,2-4,8H2,1H3,(H,16,18)(H,17,19)(H,20,21). The Morgan fingerprint density at radius 2 is 2.23 bits per heavy atom. The molecule has 0 radical (unpaired) electrons. The van der Waals surface area contributed by atoms with E-state index in [0.29, 0.717) is 24.3 Å². The summed E-state index contributed by atoms with van der Waals surface area (Å²) in [5, 5.41) is 14.2. The minimum atomic E-state index is -1.06. The van der Waals surface area contributed by atoms with E-state index in [2.05, 4.69) is 10.6 Å². The number of carboxylic acids is 1. The van der Waals surface area contributed by atoms with Gasteiger partial charge in [-0.3, -0.25) is 9.59 Å². The molecule has 1 aliphatic rings. The van der Waals surface area contributed by atoms with E-state index in [1.807, 2.05) is 6.92 Å². The number of rotatable bonds is 6. The lowest BCUT2D eigenvalue weighted by molar-refractivity contribution is -0.139. The van der Waals surface area contributed by atoms with Crippen LogP contribution in [0.4, 0.5) is 5.69 Å². The first-order valence-corrected chi connectivity index (χ1v) is 7.11. The fourth-order valence-corrected chi connectivity index (χ4v) is 2.13. The molecule has 0 bridgehead atoms. The largest absolute Gasteiger partial charge is 0.482 e. The van der Waals surface area contributed by atoms with E-state index in [-0.39, 0.29) is 18.1 Å². The number of carbonyl (C=O) groups excluding carboxylic acids is 2. The molecular formula is C15H18N2O5. The number of benzene rings is 1. The normalized spacial score (nSPS) is 14.3. The van der Waals surface area contributed by atoms with E-state index < -0.39 is 17.9 Å². The predicted molar refractivity (Wildman–Crippen MR) is 79.0 cm³/mol. The Morgan fingerprint density at radius 1 is 1.45 bits per heavy atom. The van der Waals surface area contributed by atoms with E-state index in [4.69, 9.17) is 9.84 Å². The maximum Gasteiger partial charge on any atom is 0.326 e. The highest BCUT2D eigenvalue weighted by atomic mass is 16.5. The van der Waals surface area contributed by atoms with Crippen LogP contribution in [-0.2, 0) is 9.59 Å². The zero-order valence-electron chi connectivity index (χ0n) is 12.2. The number of amides is 2. The maximum atomic E-state index is 12.2. The van der Waals surface area contributed by atoms with Gasteiger partial charge in [-0.25, -0.2) is 4.79 Å². The SMILES string of the molecule is CCCCC(NC(=O)c1ccc2c(c1)NC(=O)CO2)C(=O)O. The fraction of sp³-hybridized carbons (Fsp3) is 0.400. The van der Waals surface area contributed by atoms with Crippen LogP contribution in [0.15, 0.2) is 18.2 Å². The molecule has 0 fully saturated rings. The van der Waals surface area contributed by atoms with Gasteiger partial charge in [0.15, 0.2) is 6.61 Å². The van der Waals surface area contributed by atoms with Gasteiger partial charge < -0.3 is 20.5 Å². The molecule has 1 aliphatic heterocycles. The zero-order chi connectivity index (χ0) is 16.1. The van der Waals surface area contributed by atoms with E-state index in [1.54, 1.807) is 6.07 Å². The lowest BCUT2D eigenvalue weighted by Crippen LogP contribution is -2.40. The summed E-state index contributed by atoms with van der Waals surface area (Å²) >= 11 is 0. The Morgan fingerprint density at radius 3 is 2.91 bits per heavy atom. The monoisotopic (exact) mass is 306 g/mol. The van der Waals surface area contributed by atoms with Crippen molar-refractivity contribution in [3.63, 3.8) is 0 Å². The molecule has 1 heterocycles. The van der Waals surface area contributed by atoms with E-state index in [1.165, 1.54) is 12.1 Å². The first kappa shape index (κ1) is 15.8. The van der Waals surface area contributed by atoms with Gasteiger partial charge in [0.1, 0.15) is 11.8 Å². The number of anilines is 1. The van der Waals surface area contributed by atoms with Crippen LogP contribution in [0.3, 0.4) is 0 Å². The van der Waals surface area contributed by atoms with Gasteiger partial charge in [0.2, 0.25) is 0 Å². The van der Waals surface area contributed by atoms with Crippen molar-refractivity contribution in [1.29, 1.82) is 0 Å². The van der Waals surface area contributed by atoms with Crippen LogP contribution in [0.5, 0.6) is 5.75 Å². The minimum absolute atomic E-state index is 0.0589. The zero-order valence-corrected chi connectivity index (χ0v) is 12.2. The summed E-state index contributed by atoms with van der Waals surface area (Å²) in [5.74, 6) is -1.36. The van der Waals surface area contributed by atoms with Crippen LogP contribution in [0.2, 0.25) is 0 Å². The number of fused-ring (bicyclic) bond motifs is 1. The van der Waals surface area contributed by atoms with Crippen LogP contribution < -0.4 is 15.4 Å². The molecule has 22 heavy (non-hydrogen) atoms. The Bertz CT molecular complexity index is 600. The molecule has 0 aliphatic carbocycles. The molecular weight excluding hydrogens is 288 g/mol. The summed E-state index contributed by atoms with van der Waals surface area (Å²) in [6.45, 7) is 1.89. The first-order valence-electron chi connectivity index (χ1n) is 7.11. The highest BCUT2D eigenvalue weighted by Crippen LogP contribution is 2.28. The quantitative estimate of drug-likeness (QED) is 0.736. The Labute approximate surface area is 127 Å². The summed E-state index contributed by atoms with van der Waals surface area (Å²) in [4.78, 5) is 34.6. The van der Waals surface area contributed by atoms with E-state index >= 15 is 0 Å². The molecule has 0 saturated carbocycles. The van der Waals surface area contributed by atoms with Crippen molar-refractivity contribution in [3.05, 3.63) is 23.8 Å². The Hall–Kier alpha value is -2.57. The second-order valence-corrected chi connectivity index (χ2v) is 5.05. The van der Waals surface area contributed by atoms with E-state index in [0.717, 1.165) is 6.42 Å². The van der Waals surface area contributed by atoms with Crippen LogP contribution in [0.1, 0.15) is 36.5 Å². The van der Waals surface area contributed by atoms with Gasteiger partial charge in [0, 0.05) is 5.56 Å². The fourth-order valence-electron chi connectivity index (χ4n) is 2.13. The number of ether oxygens (including phenoxy) is 1. The van der Waals surface area contributed by atoms with Gasteiger partial charge in [-0.15, -0.1) is 0 Å². The van der Waals surface area contributed by atoms with Gasteiger partial charge in [-0.1, -0.05) is 19.8 Å². The van der Waals surface area contributed by atoms with Gasteiger partial charge in [-0.05, 0) is 24.6 Å². The van der Waals surface area contributed by atoms with Crippen molar-refractivity contribution in [2.75, 3.05) is 11.9 Å². The number of hydrogen-bond donors (Lipinski definition) is 3. The average molecular weight is 306 g/mol. The van der Waals surface area contributed by atoms with Gasteiger partial charge in [0.25, 0.3) is 11.8 Å². The summed E-state index contributed by atoms with van der Waals surface area (Å²) in [6.07, 6.45) is 1.94. The number of hydrogen-bond acceptors (Lipinski definition) is 4. The molecule has 3 N–H and O–H groups in total. The molecule has 0 spiro atoms. The van der Waals surface area contributed by atoms with Crippen molar-refractivity contribution in [2.24, 2.45) is 0 Å². The molecule has 1 atom stereocenters. The van der Waals surface area contributed by atoms with E-state index in [9.17, 15) is 14.4 Å². The van der Waals surface area contributed by atoms with Crippen molar-refractivity contribution < 1.29 is 24.2 Å². The first-order chi connectivity index (χ1) is 10.5. The summed E-state index contributed by atoms with van der Waals surface area (Å²) in [6, 6.07) is 3.66. The second kappa shape index (κ2) is 6.93. The number of aliphatic carboxylic acids is 1. The number of unbranched alkanes of at least 4 members (excludes halogenated alkanes) is 1. The Balaban J connectivity index is 2.10. The molecule has 1 aromatic rings. The third-order valence-electron chi connectivity index (χ3n) is 3.32. The minimum Gasteiger partial charge on any atom is -0.482 e. The summed E-state index contributed by atoms with van der Waals surface area (Å²) in [5.41, 5.74) is 0.677. The van der Waals surface area contributed by atoms with Crippen LogP contribution >= 0.6 is 0 Å². The maximum absolute atomic E-state index is 12.2. The van der Waals surface area contributed by atoms with Gasteiger partial charge in [-0.2, -0.15) is 0 Å². The van der Waals surface area contributed by atoms with Crippen molar-refractivity contribution >= 4 is 23.5 Å². The topological polar surface area (TPSA) is 105 Å².